The molecule has 0 bridgehead atoms. The largest absolute Gasteiger partial charge is 0.478 e. The molecule has 0 saturated heterocycles. The van der Waals surface area contributed by atoms with Crippen molar-refractivity contribution in [2.24, 2.45) is 0 Å². The fourth-order valence-corrected chi connectivity index (χ4v) is 1.90. The first-order chi connectivity index (χ1) is 9.49. The maximum Gasteiger partial charge on any atom is 0.337 e. The number of aromatic carboxylic acids is 2. The number of carboxylic acid groups (broad SMARTS) is 2. The van der Waals surface area contributed by atoms with Crippen LogP contribution in [0.2, 0.25) is 5.02 Å². The number of nitrogens with one attached hydrogen (secondary N) is 1. The van der Waals surface area contributed by atoms with E-state index in [9.17, 15) is 9.59 Å². The Labute approximate surface area is 147 Å². The molecule has 0 saturated carbocycles. The summed E-state index contributed by atoms with van der Waals surface area (Å²) >= 11 is 5.84. The van der Waals surface area contributed by atoms with E-state index in [2.05, 4.69) is 5.32 Å². The second-order valence-corrected chi connectivity index (χ2v) is 4.41. The van der Waals surface area contributed by atoms with E-state index in [1.54, 1.807) is 18.2 Å². The summed E-state index contributed by atoms with van der Waals surface area (Å²) in [7, 11) is 0. The zero-order valence-electron chi connectivity index (χ0n) is 11.1. The van der Waals surface area contributed by atoms with Gasteiger partial charge in [0.15, 0.2) is 0 Å². The molecule has 103 valence electrons. The number of para-hydroxylation sites is 1. The van der Waals surface area contributed by atoms with Crippen molar-refractivity contribution >= 4 is 64.5 Å². The third-order valence-corrected chi connectivity index (χ3v) is 2.87. The second-order valence-electron chi connectivity index (χ2n) is 3.97. The van der Waals surface area contributed by atoms with Gasteiger partial charge in [-0.1, -0.05) is 23.7 Å². The first-order valence-electron chi connectivity index (χ1n) is 5.61. The summed E-state index contributed by atoms with van der Waals surface area (Å²) in [6.07, 6.45) is 0. The van der Waals surface area contributed by atoms with Crippen LogP contribution < -0.4 is 5.32 Å². The fraction of sp³-hybridized carbons (Fsp3) is 0. The van der Waals surface area contributed by atoms with Gasteiger partial charge in [-0.05, 0) is 30.3 Å². The van der Waals surface area contributed by atoms with Gasteiger partial charge in [0, 0.05) is 34.6 Å². The van der Waals surface area contributed by atoms with Gasteiger partial charge in [0.2, 0.25) is 0 Å². The molecule has 0 heterocycles. The van der Waals surface area contributed by atoms with E-state index in [0.717, 1.165) is 0 Å². The second kappa shape index (κ2) is 7.47. The molecule has 1 radical (unpaired) electrons. The normalized spacial score (nSPS) is 9.57. The van der Waals surface area contributed by atoms with Gasteiger partial charge < -0.3 is 15.5 Å². The minimum absolute atomic E-state index is 0. The molecule has 0 spiro atoms. The van der Waals surface area contributed by atoms with Crippen molar-refractivity contribution in [3.63, 3.8) is 0 Å². The Balaban J connectivity index is 0.00000220. The number of rotatable bonds is 4. The van der Waals surface area contributed by atoms with Crippen LogP contribution in [0.3, 0.4) is 0 Å². The number of benzene rings is 2. The molecule has 2 aromatic rings. The SMILES string of the molecule is O=C(O)c1ccccc1Nc1cc(Cl)ccc1C(=O)O.[Na]. The van der Waals surface area contributed by atoms with E-state index < -0.39 is 11.9 Å². The van der Waals surface area contributed by atoms with Gasteiger partial charge in [-0.25, -0.2) is 9.59 Å². The molecule has 0 aliphatic carbocycles. The quantitative estimate of drug-likeness (QED) is 0.755. The molecular formula is C14H10ClNNaO4. The van der Waals surface area contributed by atoms with Crippen LogP contribution in [0.5, 0.6) is 0 Å². The smallest absolute Gasteiger partial charge is 0.337 e. The van der Waals surface area contributed by atoms with Crippen molar-refractivity contribution in [3.8, 4) is 0 Å². The molecule has 0 aliphatic rings. The van der Waals surface area contributed by atoms with Crippen LogP contribution in [0, 0.1) is 0 Å². The van der Waals surface area contributed by atoms with E-state index in [0.29, 0.717) is 10.7 Å². The predicted octanol–water partition coefficient (Wildman–Crippen LogP) is 3.10. The predicted molar refractivity (Wildman–Crippen MR) is 80.8 cm³/mol. The van der Waals surface area contributed by atoms with Gasteiger partial charge in [-0.2, -0.15) is 0 Å². The number of anilines is 2. The van der Waals surface area contributed by atoms with E-state index in [4.69, 9.17) is 21.8 Å². The minimum Gasteiger partial charge on any atom is -0.478 e. The molecule has 2 aromatic carbocycles. The van der Waals surface area contributed by atoms with Crippen molar-refractivity contribution < 1.29 is 19.8 Å². The van der Waals surface area contributed by atoms with Crippen molar-refractivity contribution in [1.82, 2.24) is 0 Å². The van der Waals surface area contributed by atoms with Gasteiger partial charge >= 0.3 is 11.9 Å². The van der Waals surface area contributed by atoms with Gasteiger partial charge in [0.1, 0.15) is 0 Å². The van der Waals surface area contributed by atoms with Gasteiger partial charge in [0.05, 0.1) is 22.5 Å². The van der Waals surface area contributed by atoms with Crippen LogP contribution in [0.25, 0.3) is 0 Å². The summed E-state index contributed by atoms with van der Waals surface area (Å²) in [5.41, 5.74) is 0.585. The van der Waals surface area contributed by atoms with Gasteiger partial charge in [0.25, 0.3) is 0 Å². The number of carboxylic acids is 2. The average molecular weight is 315 g/mol. The van der Waals surface area contributed by atoms with E-state index in [1.165, 1.54) is 24.3 Å². The molecule has 7 heteroatoms. The summed E-state index contributed by atoms with van der Waals surface area (Å²) in [5, 5.41) is 21.4. The molecule has 21 heavy (non-hydrogen) atoms. The average Bonchev–Trinajstić information content (AvgIpc) is 2.38. The van der Waals surface area contributed by atoms with E-state index >= 15 is 0 Å². The Bertz CT molecular complexity index is 690. The monoisotopic (exact) mass is 314 g/mol. The Morgan fingerprint density at radius 1 is 0.905 bits per heavy atom. The summed E-state index contributed by atoms with van der Waals surface area (Å²) < 4.78 is 0. The van der Waals surface area contributed by atoms with Crippen molar-refractivity contribution in [2.75, 3.05) is 5.32 Å². The van der Waals surface area contributed by atoms with Crippen LogP contribution in [0.4, 0.5) is 11.4 Å². The first kappa shape index (κ1) is 17.5. The molecule has 0 aromatic heterocycles. The van der Waals surface area contributed by atoms with Crippen molar-refractivity contribution in [2.45, 2.75) is 0 Å². The summed E-state index contributed by atoms with van der Waals surface area (Å²) in [4.78, 5) is 22.3. The number of halogens is 1. The van der Waals surface area contributed by atoms with Gasteiger partial charge in [-0.3, -0.25) is 0 Å². The van der Waals surface area contributed by atoms with Gasteiger partial charge in [-0.15, -0.1) is 0 Å². The summed E-state index contributed by atoms with van der Waals surface area (Å²) in [6, 6.07) is 10.5. The Morgan fingerprint density at radius 2 is 1.48 bits per heavy atom. The standard InChI is InChI=1S/C14H10ClNO4.Na/c15-8-5-6-10(14(19)20)12(7-8)16-11-4-2-1-3-9(11)13(17)18;/h1-7,16H,(H,17,18)(H,19,20);. The molecule has 0 aliphatic heterocycles. The third kappa shape index (κ3) is 4.22. The summed E-state index contributed by atoms with van der Waals surface area (Å²) in [5.74, 6) is -2.23. The topological polar surface area (TPSA) is 86.6 Å². The van der Waals surface area contributed by atoms with Crippen LogP contribution in [0.1, 0.15) is 20.7 Å². The molecule has 0 unspecified atom stereocenters. The summed E-state index contributed by atoms with van der Waals surface area (Å²) in [6.45, 7) is 0. The molecule has 0 amide bonds. The maximum atomic E-state index is 11.1. The van der Waals surface area contributed by atoms with Crippen LogP contribution in [-0.4, -0.2) is 51.7 Å². The van der Waals surface area contributed by atoms with E-state index in [1.807, 2.05) is 0 Å². The fourth-order valence-electron chi connectivity index (χ4n) is 1.73. The Morgan fingerprint density at radius 3 is 2.10 bits per heavy atom. The molecule has 3 N–H and O–H groups in total. The zero-order chi connectivity index (χ0) is 14.7. The molecule has 2 rings (SSSR count). The Kier molecular flexibility index (Phi) is 6.23. The maximum absolute atomic E-state index is 11.1. The van der Waals surface area contributed by atoms with Crippen LogP contribution in [-0.2, 0) is 0 Å². The third-order valence-electron chi connectivity index (χ3n) is 2.64. The van der Waals surface area contributed by atoms with Crippen LogP contribution in [0.15, 0.2) is 42.5 Å². The van der Waals surface area contributed by atoms with E-state index in [-0.39, 0.29) is 46.4 Å². The zero-order valence-corrected chi connectivity index (χ0v) is 13.9. The van der Waals surface area contributed by atoms with Crippen molar-refractivity contribution in [1.29, 1.82) is 0 Å². The minimum atomic E-state index is -1.13. The Hall–Kier alpha value is -1.53. The molecule has 0 fully saturated rings. The first-order valence-corrected chi connectivity index (χ1v) is 5.99. The van der Waals surface area contributed by atoms with Crippen LogP contribution >= 0.6 is 11.6 Å². The number of hydrogen-bond acceptors (Lipinski definition) is 3. The van der Waals surface area contributed by atoms with Crippen molar-refractivity contribution in [3.05, 3.63) is 58.6 Å². The molecular weight excluding hydrogens is 305 g/mol. The number of carbonyl (C=O) groups is 2. The number of hydrogen-bond donors (Lipinski definition) is 3. The molecule has 0 atom stereocenters. The molecule has 5 nitrogen and oxygen atoms in total.